The molecule has 0 bridgehead atoms. The SMILES string of the molecule is Cc1c(O)n(-c2ccc(SC(F)(F)F)cc2)c(=O)n1Cc1ccncc1Br. The number of aromatic hydroxyl groups is 1. The maximum atomic E-state index is 12.8. The summed E-state index contributed by atoms with van der Waals surface area (Å²) in [6.45, 7) is 1.80. The van der Waals surface area contributed by atoms with Gasteiger partial charge in [-0.3, -0.25) is 9.55 Å². The lowest BCUT2D eigenvalue weighted by molar-refractivity contribution is -0.0328. The van der Waals surface area contributed by atoms with E-state index < -0.39 is 11.2 Å². The molecule has 142 valence electrons. The molecule has 2 heterocycles. The zero-order chi connectivity index (χ0) is 19.8. The second kappa shape index (κ2) is 7.43. The first-order valence-electron chi connectivity index (χ1n) is 7.63. The molecule has 0 saturated carbocycles. The highest BCUT2D eigenvalue weighted by Crippen LogP contribution is 2.37. The Morgan fingerprint density at radius 1 is 1.22 bits per heavy atom. The third-order valence-corrected chi connectivity index (χ3v) is 5.33. The second-order valence-corrected chi connectivity index (χ2v) is 7.61. The molecule has 0 atom stereocenters. The Kier molecular flexibility index (Phi) is 5.38. The van der Waals surface area contributed by atoms with E-state index in [2.05, 4.69) is 20.9 Å². The Morgan fingerprint density at radius 3 is 2.48 bits per heavy atom. The molecule has 0 aliphatic rings. The highest BCUT2D eigenvalue weighted by Gasteiger charge is 2.29. The summed E-state index contributed by atoms with van der Waals surface area (Å²) >= 11 is 3.12. The van der Waals surface area contributed by atoms with Gasteiger partial charge in [0, 0.05) is 21.8 Å². The first kappa shape index (κ1) is 19.6. The maximum Gasteiger partial charge on any atom is 0.446 e. The minimum Gasteiger partial charge on any atom is -0.493 e. The molecular weight excluding hydrogens is 447 g/mol. The molecule has 0 amide bonds. The van der Waals surface area contributed by atoms with Gasteiger partial charge in [0.15, 0.2) is 0 Å². The van der Waals surface area contributed by atoms with E-state index in [1.807, 2.05) is 0 Å². The van der Waals surface area contributed by atoms with Crippen LogP contribution in [-0.4, -0.2) is 24.7 Å². The van der Waals surface area contributed by atoms with Crippen LogP contribution in [0.15, 0.2) is 56.9 Å². The van der Waals surface area contributed by atoms with E-state index in [1.54, 1.807) is 25.4 Å². The number of pyridine rings is 1. The molecule has 2 aromatic heterocycles. The molecule has 0 fully saturated rings. The molecular formula is C17H13BrF3N3O2S. The summed E-state index contributed by atoms with van der Waals surface area (Å²) in [6.07, 6.45) is 3.19. The summed E-state index contributed by atoms with van der Waals surface area (Å²) in [6, 6.07) is 6.98. The molecule has 27 heavy (non-hydrogen) atoms. The first-order valence-corrected chi connectivity index (χ1v) is 9.24. The average Bonchev–Trinajstić information content (AvgIpc) is 2.80. The summed E-state index contributed by atoms with van der Waals surface area (Å²) in [5.74, 6) is -0.263. The quantitative estimate of drug-likeness (QED) is 0.584. The van der Waals surface area contributed by atoms with E-state index in [4.69, 9.17) is 0 Å². The van der Waals surface area contributed by atoms with E-state index in [9.17, 15) is 23.1 Å². The van der Waals surface area contributed by atoms with Gasteiger partial charge in [-0.25, -0.2) is 9.36 Å². The fourth-order valence-corrected chi connectivity index (χ4v) is 3.47. The molecule has 3 aromatic rings. The van der Waals surface area contributed by atoms with Gasteiger partial charge in [0.05, 0.1) is 17.9 Å². The summed E-state index contributed by atoms with van der Waals surface area (Å²) in [7, 11) is 0. The van der Waals surface area contributed by atoms with Crippen molar-refractivity contribution in [3.05, 3.63) is 68.9 Å². The van der Waals surface area contributed by atoms with Crippen LogP contribution in [0.1, 0.15) is 11.3 Å². The Balaban J connectivity index is 1.98. The fraction of sp³-hybridized carbons (Fsp3) is 0.176. The van der Waals surface area contributed by atoms with Gasteiger partial charge in [0.2, 0.25) is 5.88 Å². The number of imidazole rings is 1. The topological polar surface area (TPSA) is 60.1 Å². The Hall–Kier alpha value is -2.20. The number of aromatic nitrogens is 3. The highest BCUT2D eigenvalue weighted by atomic mass is 79.9. The molecule has 0 unspecified atom stereocenters. The number of nitrogens with zero attached hydrogens (tertiary/aromatic N) is 3. The summed E-state index contributed by atoms with van der Waals surface area (Å²) in [5.41, 5.74) is -3.47. The van der Waals surface area contributed by atoms with Crippen LogP contribution >= 0.6 is 27.7 Å². The van der Waals surface area contributed by atoms with Gasteiger partial charge in [-0.15, -0.1) is 0 Å². The molecule has 5 nitrogen and oxygen atoms in total. The van der Waals surface area contributed by atoms with Crippen molar-refractivity contribution in [1.82, 2.24) is 14.1 Å². The van der Waals surface area contributed by atoms with E-state index in [1.165, 1.54) is 28.8 Å². The van der Waals surface area contributed by atoms with Gasteiger partial charge in [-0.1, -0.05) is 0 Å². The number of rotatable bonds is 4. The molecule has 1 aromatic carbocycles. The smallest absolute Gasteiger partial charge is 0.446 e. The second-order valence-electron chi connectivity index (χ2n) is 5.62. The van der Waals surface area contributed by atoms with Gasteiger partial charge in [0.1, 0.15) is 0 Å². The van der Waals surface area contributed by atoms with Crippen molar-refractivity contribution < 1.29 is 18.3 Å². The lowest BCUT2D eigenvalue weighted by Crippen LogP contribution is -2.24. The van der Waals surface area contributed by atoms with Crippen LogP contribution in [-0.2, 0) is 6.54 Å². The van der Waals surface area contributed by atoms with Crippen molar-refractivity contribution in [2.75, 3.05) is 0 Å². The van der Waals surface area contributed by atoms with Crippen molar-refractivity contribution in [2.24, 2.45) is 0 Å². The van der Waals surface area contributed by atoms with Crippen LogP contribution < -0.4 is 5.69 Å². The minimum atomic E-state index is -4.39. The zero-order valence-electron chi connectivity index (χ0n) is 13.9. The van der Waals surface area contributed by atoms with Crippen LogP contribution in [0.25, 0.3) is 5.69 Å². The molecule has 10 heteroatoms. The average molecular weight is 460 g/mol. The summed E-state index contributed by atoms with van der Waals surface area (Å²) in [5, 5.41) is 10.4. The van der Waals surface area contributed by atoms with E-state index in [-0.39, 0.29) is 34.8 Å². The molecule has 0 spiro atoms. The van der Waals surface area contributed by atoms with Gasteiger partial charge in [0.25, 0.3) is 0 Å². The van der Waals surface area contributed by atoms with Crippen molar-refractivity contribution in [2.45, 2.75) is 23.9 Å². The normalized spacial score (nSPS) is 11.7. The van der Waals surface area contributed by atoms with Crippen LogP contribution in [0.3, 0.4) is 0 Å². The van der Waals surface area contributed by atoms with Crippen LogP contribution in [0.5, 0.6) is 5.88 Å². The number of halogens is 4. The predicted molar refractivity (Wildman–Crippen MR) is 99.4 cm³/mol. The van der Waals surface area contributed by atoms with Gasteiger partial charge < -0.3 is 5.11 Å². The van der Waals surface area contributed by atoms with Gasteiger partial charge in [-0.05, 0) is 70.5 Å². The van der Waals surface area contributed by atoms with Gasteiger partial charge >= 0.3 is 11.2 Å². The Bertz CT molecular complexity index is 1030. The van der Waals surface area contributed by atoms with Crippen LogP contribution in [0.4, 0.5) is 13.2 Å². The third kappa shape index (κ3) is 4.22. The van der Waals surface area contributed by atoms with E-state index in [0.29, 0.717) is 5.69 Å². The molecule has 1 N–H and O–H groups in total. The Labute approximate surface area is 164 Å². The first-order chi connectivity index (χ1) is 12.7. The zero-order valence-corrected chi connectivity index (χ0v) is 16.3. The van der Waals surface area contributed by atoms with Crippen LogP contribution in [0, 0.1) is 6.92 Å². The molecule has 3 rings (SSSR count). The molecule has 0 aliphatic carbocycles. The standard InChI is InChI=1S/C17H13BrF3N3O2S/c1-10-15(25)24(12-2-4-13(5-3-12)27-17(19,20)21)16(26)23(10)9-11-6-7-22-8-14(11)18/h2-8,25H,9H2,1H3. The minimum absolute atomic E-state index is 0.00402. The number of hydrogen-bond acceptors (Lipinski definition) is 4. The predicted octanol–water partition coefficient (Wildman–Crippen LogP) is 4.47. The molecule has 0 radical (unpaired) electrons. The number of benzene rings is 1. The maximum absolute atomic E-state index is 12.8. The number of thioether (sulfide) groups is 1. The van der Waals surface area contributed by atoms with Crippen molar-refractivity contribution in [3.63, 3.8) is 0 Å². The third-order valence-electron chi connectivity index (χ3n) is 3.88. The Morgan fingerprint density at radius 2 is 1.89 bits per heavy atom. The van der Waals surface area contributed by atoms with Gasteiger partial charge in [-0.2, -0.15) is 13.2 Å². The van der Waals surface area contributed by atoms with Crippen molar-refractivity contribution in [1.29, 1.82) is 0 Å². The number of hydrogen-bond donors (Lipinski definition) is 1. The fourth-order valence-electron chi connectivity index (χ4n) is 2.56. The lowest BCUT2D eigenvalue weighted by atomic mass is 10.2. The van der Waals surface area contributed by atoms with E-state index >= 15 is 0 Å². The molecule has 0 aliphatic heterocycles. The van der Waals surface area contributed by atoms with Crippen molar-refractivity contribution >= 4 is 27.7 Å². The summed E-state index contributed by atoms with van der Waals surface area (Å²) < 4.78 is 40.5. The molecule has 0 saturated heterocycles. The van der Waals surface area contributed by atoms with Crippen molar-refractivity contribution in [3.8, 4) is 11.6 Å². The largest absolute Gasteiger partial charge is 0.493 e. The summed E-state index contributed by atoms with van der Waals surface area (Å²) in [4.78, 5) is 16.8. The van der Waals surface area contributed by atoms with Crippen LogP contribution in [0.2, 0.25) is 0 Å². The lowest BCUT2D eigenvalue weighted by Gasteiger charge is -2.07. The monoisotopic (exact) mass is 459 g/mol. The highest BCUT2D eigenvalue weighted by molar-refractivity contribution is 9.10. The van der Waals surface area contributed by atoms with E-state index in [0.717, 1.165) is 14.6 Å². The number of alkyl halides is 3.